The van der Waals surface area contributed by atoms with Crippen LogP contribution in [0.5, 0.6) is 0 Å². The number of ether oxygens (including phenoxy) is 1. The first kappa shape index (κ1) is 14.3. The molecule has 2 heterocycles. The van der Waals surface area contributed by atoms with E-state index in [-0.39, 0.29) is 11.7 Å². The summed E-state index contributed by atoms with van der Waals surface area (Å²) in [6, 6.07) is 0.361. The van der Waals surface area contributed by atoms with E-state index in [1.165, 1.54) is 0 Å². The molecule has 1 N–H and O–H groups in total. The molecule has 17 heavy (non-hydrogen) atoms. The quantitative estimate of drug-likeness (QED) is 0.708. The maximum atomic E-state index is 11.9. The third-order valence-electron chi connectivity index (χ3n) is 3.07. The van der Waals surface area contributed by atoms with Gasteiger partial charge in [-0.2, -0.15) is 0 Å². The summed E-state index contributed by atoms with van der Waals surface area (Å²) in [7, 11) is 0. The van der Waals surface area contributed by atoms with Gasteiger partial charge in [-0.15, -0.1) is 0 Å². The Morgan fingerprint density at radius 3 is 2.53 bits per heavy atom. The minimum atomic E-state index is -0.388. The summed E-state index contributed by atoms with van der Waals surface area (Å²) >= 11 is 0. The Morgan fingerprint density at radius 1 is 1.29 bits per heavy atom. The highest BCUT2D eigenvalue weighted by Gasteiger charge is 2.41. The number of hydrogen-bond acceptors (Lipinski definition) is 3. The standard InChI is InChI=1S/C11H20N2O2.C2H6/c1-11(2,3)15-10(14)13-5-4-8-6-12-7-9(8)13;1-2/h8-9,12H,4-7H2,1-3H3;1-2H3. The molecule has 2 aliphatic heterocycles. The summed E-state index contributed by atoms with van der Waals surface area (Å²) < 4.78 is 5.39. The van der Waals surface area contributed by atoms with Crippen LogP contribution in [0.4, 0.5) is 4.79 Å². The number of carbonyl (C=O) groups is 1. The van der Waals surface area contributed by atoms with Gasteiger partial charge < -0.3 is 15.0 Å². The fourth-order valence-corrected chi connectivity index (χ4v) is 2.40. The molecular weight excluding hydrogens is 216 g/mol. The van der Waals surface area contributed by atoms with E-state index in [0.717, 1.165) is 26.1 Å². The minimum Gasteiger partial charge on any atom is -0.444 e. The second-order valence-corrected chi connectivity index (χ2v) is 5.45. The van der Waals surface area contributed by atoms with Crippen molar-refractivity contribution in [2.24, 2.45) is 5.92 Å². The van der Waals surface area contributed by atoms with Gasteiger partial charge in [0.25, 0.3) is 0 Å². The monoisotopic (exact) mass is 242 g/mol. The normalized spacial score (nSPS) is 27.2. The van der Waals surface area contributed by atoms with E-state index in [2.05, 4.69) is 5.32 Å². The van der Waals surface area contributed by atoms with E-state index < -0.39 is 0 Å². The summed E-state index contributed by atoms with van der Waals surface area (Å²) in [6.45, 7) is 12.5. The Hall–Kier alpha value is -0.770. The first-order chi connectivity index (χ1) is 7.97. The van der Waals surface area contributed by atoms with Crippen molar-refractivity contribution < 1.29 is 9.53 Å². The van der Waals surface area contributed by atoms with Crippen molar-refractivity contribution in [2.45, 2.75) is 52.7 Å². The van der Waals surface area contributed by atoms with Crippen molar-refractivity contribution in [3.8, 4) is 0 Å². The van der Waals surface area contributed by atoms with E-state index in [0.29, 0.717) is 12.0 Å². The van der Waals surface area contributed by atoms with Crippen molar-refractivity contribution in [1.29, 1.82) is 0 Å². The molecule has 0 aromatic heterocycles. The molecule has 2 rings (SSSR count). The van der Waals surface area contributed by atoms with Crippen molar-refractivity contribution >= 4 is 6.09 Å². The van der Waals surface area contributed by atoms with Gasteiger partial charge in [0.2, 0.25) is 0 Å². The Bertz CT molecular complexity index is 261. The van der Waals surface area contributed by atoms with Crippen LogP contribution >= 0.6 is 0 Å². The van der Waals surface area contributed by atoms with Crippen LogP contribution in [0, 0.1) is 5.92 Å². The Morgan fingerprint density at radius 2 is 1.94 bits per heavy atom. The predicted molar refractivity (Wildman–Crippen MR) is 69.1 cm³/mol. The summed E-state index contributed by atoms with van der Waals surface area (Å²) in [5, 5.41) is 3.32. The third-order valence-corrected chi connectivity index (χ3v) is 3.07. The van der Waals surface area contributed by atoms with Crippen molar-refractivity contribution in [1.82, 2.24) is 10.2 Å². The molecule has 100 valence electrons. The largest absolute Gasteiger partial charge is 0.444 e. The molecule has 0 saturated carbocycles. The molecule has 4 nitrogen and oxygen atoms in total. The first-order valence-electron chi connectivity index (χ1n) is 6.68. The Kier molecular flexibility index (Phi) is 4.80. The molecule has 0 spiro atoms. The van der Waals surface area contributed by atoms with Crippen LogP contribution in [0.15, 0.2) is 0 Å². The van der Waals surface area contributed by atoms with Gasteiger partial charge in [0, 0.05) is 19.6 Å². The van der Waals surface area contributed by atoms with Crippen LogP contribution in [0.3, 0.4) is 0 Å². The zero-order valence-corrected chi connectivity index (χ0v) is 11.7. The summed E-state index contributed by atoms with van der Waals surface area (Å²) in [6.07, 6.45) is 0.954. The topological polar surface area (TPSA) is 41.6 Å². The molecule has 2 aliphatic rings. The molecule has 1 amide bonds. The molecule has 0 aromatic rings. The van der Waals surface area contributed by atoms with Gasteiger partial charge in [0.1, 0.15) is 5.60 Å². The van der Waals surface area contributed by atoms with E-state index in [1.807, 2.05) is 39.5 Å². The molecule has 0 bridgehead atoms. The zero-order chi connectivity index (χ0) is 13.1. The Balaban J connectivity index is 0.000000686. The number of likely N-dealkylation sites (tertiary alicyclic amines) is 1. The smallest absolute Gasteiger partial charge is 0.410 e. The van der Waals surface area contributed by atoms with Gasteiger partial charge in [-0.1, -0.05) is 13.8 Å². The lowest BCUT2D eigenvalue weighted by atomic mass is 10.1. The maximum Gasteiger partial charge on any atom is 0.410 e. The molecule has 2 fully saturated rings. The van der Waals surface area contributed by atoms with Gasteiger partial charge in [0.15, 0.2) is 0 Å². The number of nitrogens with one attached hydrogen (secondary N) is 1. The van der Waals surface area contributed by atoms with Crippen LogP contribution in [0.25, 0.3) is 0 Å². The van der Waals surface area contributed by atoms with Crippen molar-refractivity contribution in [3.63, 3.8) is 0 Å². The second kappa shape index (κ2) is 5.71. The van der Waals surface area contributed by atoms with Crippen LogP contribution < -0.4 is 5.32 Å². The average molecular weight is 242 g/mol. The lowest BCUT2D eigenvalue weighted by molar-refractivity contribution is 0.0227. The average Bonchev–Trinajstić information content (AvgIpc) is 2.77. The molecule has 2 saturated heterocycles. The number of nitrogens with zero attached hydrogens (tertiary/aromatic N) is 1. The van der Waals surface area contributed by atoms with Gasteiger partial charge in [-0.05, 0) is 33.1 Å². The number of carbonyl (C=O) groups excluding carboxylic acids is 1. The maximum absolute atomic E-state index is 11.9. The van der Waals surface area contributed by atoms with E-state index in [4.69, 9.17) is 4.74 Å². The second-order valence-electron chi connectivity index (χ2n) is 5.45. The fourth-order valence-electron chi connectivity index (χ4n) is 2.40. The Labute approximate surface area is 105 Å². The SMILES string of the molecule is CC.CC(C)(C)OC(=O)N1CCC2CNCC21. The van der Waals surface area contributed by atoms with Gasteiger partial charge in [-0.3, -0.25) is 0 Å². The molecule has 0 aliphatic carbocycles. The lowest BCUT2D eigenvalue weighted by Crippen LogP contribution is -2.42. The van der Waals surface area contributed by atoms with Crippen LogP contribution in [-0.2, 0) is 4.74 Å². The summed E-state index contributed by atoms with van der Waals surface area (Å²) in [5.74, 6) is 0.637. The third kappa shape index (κ3) is 3.60. The van der Waals surface area contributed by atoms with Crippen molar-refractivity contribution in [3.05, 3.63) is 0 Å². The first-order valence-corrected chi connectivity index (χ1v) is 6.68. The summed E-state index contributed by atoms with van der Waals surface area (Å²) in [5.41, 5.74) is -0.388. The van der Waals surface area contributed by atoms with Gasteiger partial charge >= 0.3 is 6.09 Å². The molecule has 2 atom stereocenters. The predicted octanol–water partition coefficient (Wildman–Crippen LogP) is 2.24. The van der Waals surface area contributed by atoms with Crippen LogP contribution in [-0.4, -0.2) is 42.3 Å². The molecular formula is C13H26N2O2. The highest BCUT2D eigenvalue weighted by Crippen LogP contribution is 2.28. The van der Waals surface area contributed by atoms with Gasteiger partial charge in [-0.25, -0.2) is 4.79 Å². The number of hydrogen-bond donors (Lipinski definition) is 1. The highest BCUT2D eigenvalue weighted by atomic mass is 16.6. The summed E-state index contributed by atoms with van der Waals surface area (Å²) in [4.78, 5) is 13.8. The fraction of sp³-hybridized carbons (Fsp3) is 0.923. The number of rotatable bonds is 0. The van der Waals surface area contributed by atoms with Gasteiger partial charge in [0.05, 0.1) is 6.04 Å². The van der Waals surface area contributed by atoms with Crippen molar-refractivity contribution in [2.75, 3.05) is 19.6 Å². The number of fused-ring (bicyclic) bond motifs is 1. The highest BCUT2D eigenvalue weighted by molar-refractivity contribution is 5.69. The van der Waals surface area contributed by atoms with Crippen LogP contribution in [0.1, 0.15) is 41.0 Å². The molecule has 0 aromatic carbocycles. The molecule has 0 radical (unpaired) electrons. The lowest BCUT2D eigenvalue weighted by Gasteiger charge is -2.27. The van der Waals surface area contributed by atoms with Crippen LogP contribution in [0.2, 0.25) is 0 Å². The zero-order valence-electron chi connectivity index (χ0n) is 11.7. The molecule has 2 unspecified atom stereocenters. The number of amides is 1. The van der Waals surface area contributed by atoms with E-state index in [9.17, 15) is 4.79 Å². The molecule has 4 heteroatoms. The minimum absolute atomic E-state index is 0.154. The van der Waals surface area contributed by atoms with E-state index >= 15 is 0 Å². The van der Waals surface area contributed by atoms with E-state index in [1.54, 1.807) is 0 Å².